The van der Waals surface area contributed by atoms with Crippen molar-refractivity contribution >= 4 is 24.2 Å². The molecule has 158 valence electrons. The summed E-state index contributed by atoms with van der Waals surface area (Å²) in [5, 5.41) is 3.02. The van der Waals surface area contributed by atoms with Gasteiger partial charge in [-0.15, -0.1) is 12.4 Å². The van der Waals surface area contributed by atoms with Crippen molar-refractivity contribution in [3.8, 4) is 11.5 Å². The van der Waals surface area contributed by atoms with E-state index in [0.717, 1.165) is 0 Å². The van der Waals surface area contributed by atoms with Gasteiger partial charge in [-0.05, 0) is 36.5 Å². The SMILES string of the molecule is COc1ccc(C(=O)N2CCC(NC(=O)[C@@H](N)C(C)(C)C)CC2)cc1OC.Cl. The first-order valence-electron chi connectivity index (χ1n) is 9.24. The van der Waals surface area contributed by atoms with Gasteiger partial charge in [-0.3, -0.25) is 9.59 Å². The Kier molecular flexibility index (Phi) is 8.57. The highest BCUT2D eigenvalue weighted by Gasteiger charge is 2.30. The largest absolute Gasteiger partial charge is 0.493 e. The molecule has 1 atom stereocenters. The second-order valence-corrected chi connectivity index (χ2v) is 7.99. The minimum atomic E-state index is -0.552. The van der Waals surface area contributed by atoms with E-state index in [9.17, 15) is 9.59 Å². The summed E-state index contributed by atoms with van der Waals surface area (Å²) in [6.45, 7) is 7.01. The Morgan fingerprint density at radius 2 is 1.71 bits per heavy atom. The number of benzene rings is 1. The van der Waals surface area contributed by atoms with Gasteiger partial charge in [0, 0.05) is 24.7 Å². The van der Waals surface area contributed by atoms with Crippen molar-refractivity contribution < 1.29 is 19.1 Å². The van der Waals surface area contributed by atoms with Gasteiger partial charge in [0.15, 0.2) is 11.5 Å². The summed E-state index contributed by atoms with van der Waals surface area (Å²) < 4.78 is 10.5. The van der Waals surface area contributed by atoms with Gasteiger partial charge in [0.1, 0.15) is 0 Å². The van der Waals surface area contributed by atoms with Gasteiger partial charge in [-0.2, -0.15) is 0 Å². The average molecular weight is 414 g/mol. The number of nitrogens with one attached hydrogen (secondary N) is 1. The number of nitrogens with two attached hydrogens (primary N) is 1. The molecule has 1 saturated heterocycles. The molecule has 1 heterocycles. The Balaban J connectivity index is 0.00000392. The number of piperidine rings is 1. The number of carbonyl (C=O) groups excluding carboxylic acids is 2. The molecule has 0 bridgehead atoms. The van der Waals surface area contributed by atoms with E-state index in [1.807, 2.05) is 20.8 Å². The molecular weight excluding hydrogens is 382 g/mol. The third kappa shape index (κ3) is 5.75. The van der Waals surface area contributed by atoms with Crippen LogP contribution >= 0.6 is 12.4 Å². The Morgan fingerprint density at radius 3 is 2.21 bits per heavy atom. The molecule has 8 heteroatoms. The monoisotopic (exact) mass is 413 g/mol. The van der Waals surface area contributed by atoms with Gasteiger partial charge in [-0.1, -0.05) is 20.8 Å². The summed E-state index contributed by atoms with van der Waals surface area (Å²) in [7, 11) is 3.10. The van der Waals surface area contributed by atoms with Crippen molar-refractivity contribution in [1.29, 1.82) is 0 Å². The van der Waals surface area contributed by atoms with E-state index in [2.05, 4.69) is 5.32 Å². The second-order valence-electron chi connectivity index (χ2n) is 7.99. The molecule has 0 spiro atoms. The van der Waals surface area contributed by atoms with Crippen LogP contribution in [0, 0.1) is 5.41 Å². The van der Waals surface area contributed by atoms with E-state index in [0.29, 0.717) is 43.0 Å². The highest BCUT2D eigenvalue weighted by atomic mass is 35.5. The van der Waals surface area contributed by atoms with Crippen LogP contribution in [0.3, 0.4) is 0 Å². The van der Waals surface area contributed by atoms with Gasteiger partial charge >= 0.3 is 0 Å². The van der Waals surface area contributed by atoms with E-state index in [1.54, 1.807) is 37.3 Å². The quantitative estimate of drug-likeness (QED) is 0.771. The van der Waals surface area contributed by atoms with Crippen LogP contribution in [0.5, 0.6) is 11.5 Å². The molecule has 0 aliphatic carbocycles. The molecule has 2 amide bonds. The molecule has 7 nitrogen and oxygen atoms in total. The number of amides is 2. The molecule has 1 aliphatic rings. The molecule has 2 rings (SSSR count). The van der Waals surface area contributed by atoms with Crippen molar-refractivity contribution in [2.75, 3.05) is 27.3 Å². The predicted octanol–water partition coefficient (Wildman–Crippen LogP) is 2.22. The number of carbonyl (C=O) groups is 2. The summed E-state index contributed by atoms with van der Waals surface area (Å²) in [4.78, 5) is 26.8. The van der Waals surface area contributed by atoms with E-state index < -0.39 is 6.04 Å². The van der Waals surface area contributed by atoms with E-state index in [-0.39, 0.29) is 35.7 Å². The third-order valence-corrected chi connectivity index (χ3v) is 4.97. The smallest absolute Gasteiger partial charge is 0.253 e. The van der Waals surface area contributed by atoms with Gasteiger partial charge in [-0.25, -0.2) is 0 Å². The first-order chi connectivity index (χ1) is 12.7. The van der Waals surface area contributed by atoms with Crippen LogP contribution in [0.1, 0.15) is 44.0 Å². The van der Waals surface area contributed by atoms with Crippen molar-refractivity contribution in [1.82, 2.24) is 10.2 Å². The number of rotatable bonds is 5. The number of ether oxygens (including phenoxy) is 2. The number of methoxy groups -OCH3 is 2. The molecule has 0 unspecified atom stereocenters. The van der Waals surface area contributed by atoms with Gasteiger partial charge < -0.3 is 25.4 Å². The lowest BCUT2D eigenvalue weighted by Gasteiger charge is -2.34. The Bertz CT molecular complexity index is 683. The van der Waals surface area contributed by atoms with Crippen LogP contribution in [0.2, 0.25) is 0 Å². The van der Waals surface area contributed by atoms with Crippen molar-refractivity contribution in [2.24, 2.45) is 11.1 Å². The summed E-state index contributed by atoms with van der Waals surface area (Å²) in [6, 6.07) is 4.65. The zero-order valence-electron chi connectivity index (χ0n) is 17.3. The lowest BCUT2D eigenvalue weighted by Crippen LogP contribution is -2.54. The van der Waals surface area contributed by atoms with E-state index in [4.69, 9.17) is 15.2 Å². The molecule has 0 aromatic heterocycles. The first-order valence-corrected chi connectivity index (χ1v) is 9.24. The van der Waals surface area contributed by atoms with Crippen LogP contribution in [0.15, 0.2) is 18.2 Å². The van der Waals surface area contributed by atoms with Crippen LogP contribution in [0.25, 0.3) is 0 Å². The molecule has 28 heavy (non-hydrogen) atoms. The maximum Gasteiger partial charge on any atom is 0.253 e. The fraction of sp³-hybridized carbons (Fsp3) is 0.600. The number of nitrogens with zero attached hydrogens (tertiary/aromatic N) is 1. The van der Waals surface area contributed by atoms with Gasteiger partial charge in [0.05, 0.1) is 20.3 Å². The maximum atomic E-state index is 12.8. The Labute approximate surface area is 173 Å². The summed E-state index contributed by atoms with van der Waals surface area (Å²) in [5.41, 5.74) is 6.29. The fourth-order valence-electron chi connectivity index (χ4n) is 3.06. The maximum absolute atomic E-state index is 12.8. The fourth-order valence-corrected chi connectivity index (χ4v) is 3.06. The molecule has 0 radical (unpaired) electrons. The number of hydrogen-bond acceptors (Lipinski definition) is 5. The third-order valence-electron chi connectivity index (χ3n) is 4.97. The lowest BCUT2D eigenvalue weighted by molar-refractivity contribution is -0.125. The minimum Gasteiger partial charge on any atom is -0.493 e. The number of hydrogen-bond donors (Lipinski definition) is 2. The summed E-state index contributed by atoms with van der Waals surface area (Å²) in [5.74, 6) is 0.937. The molecule has 3 N–H and O–H groups in total. The van der Waals surface area contributed by atoms with Gasteiger partial charge in [0.2, 0.25) is 5.91 Å². The van der Waals surface area contributed by atoms with E-state index in [1.165, 1.54) is 0 Å². The highest BCUT2D eigenvalue weighted by Crippen LogP contribution is 2.28. The van der Waals surface area contributed by atoms with Crippen LogP contribution in [-0.2, 0) is 4.79 Å². The van der Waals surface area contributed by atoms with Crippen LogP contribution in [-0.4, -0.2) is 56.1 Å². The summed E-state index contributed by atoms with van der Waals surface area (Å²) in [6.07, 6.45) is 1.42. The van der Waals surface area contributed by atoms with Crippen LogP contribution in [0.4, 0.5) is 0 Å². The predicted molar refractivity (Wildman–Crippen MR) is 111 cm³/mol. The van der Waals surface area contributed by atoms with Crippen molar-refractivity contribution in [2.45, 2.75) is 45.7 Å². The second kappa shape index (κ2) is 9.98. The molecule has 1 aromatic carbocycles. The lowest BCUT2D eigenvalue weighted by atomic mass is 9.86. The molecule has 1 fully saturated rings. The number of halogens is 1. The summed E-state index contributed by atoms with van der Waals surface area (Å²) >= 11 is 0. The van der Waals surface area contributed by atoms with E-state index >= 15 is 0 Å². The van der Waals surface area contributed by atoms with Crippen LogP contribution < -0.4 is 20.5 Å². The molecular formula is C20H32ClN3O4. The van der Waals surface area contributed by atoms with Gasteiger partial charge in [0.25, 0.3) is 5.91 Å². The van der Waals surface area contributed by atoms with Crippen molar-refractivity contribution in [3.05, 3.63) is 23.8 Å². The standard InChI is InChI=1S/C20H31N3O4.ClH/c1-20(2,3)17(21)18(24)22-14-8-10-23(11-9-14)19(25)13-6-7-15(26-4)16(12-13)27-5;/h6-7,12,14,17H,8-11,21H2,1-5H3,(H,22,24);1H/t17-;/m1./s1. The Hall–Kier alpha value is -1.99. The Morgan fingerprint density at radius 1 is 1.14 bits per heavy atom. The number of likely N-dealkylation sites (tertiary alicyclic amines) is 1. The molecule has 1 aromatic rings. The average Bonchev–Trinajstić information content (AvgIpc) is 2.66. The highest BCUT2D eigenvalue weighted by molar-refractivity contribution is 5.95. The molecule has 1 aliphatic heterocycles. The molecule has 0 saturated carbocycles. The normalized spacial score (nSPS) is 16.0. The zero-order valence-corrected chi connectivity index (χ0v) is 18.1. The zero-order chi connectivity index (χ0) is 20.2. The minimum absolute atomic E-state index is 0. The van der Waals surface area contributed by atoms with Crippen molar-refractivity contribution in [3.63, 3.8) is 0 Å². The topological polar surface area (TPSA) is 93.9 Å². The first kappa shape index (κ1) is 24.0.